The SMILES string of the molecule is C=CC(c1ccccc1)(c1ccccc1)c1cccc2ccccc12. The normalized spacial score (nSPS) is 11.4. The van der Waals surface area contributed by atoms with Crippen molar-refractivity contribution < 1.29 is 0 Å². The molecule has 120 valence electrons. The topological polar surface area (TPSA) is 0 Å². The average molecular weight is 320 g/mol. The van der Waals surface area contributed by atoms with Crippen LogP contribution < -0.4 is 0 Å². The Morgan fingerprint density at radius 2 is 1.08 bits per heavy atom. The van der Waals surface area contributed by atoms with Gasteiger partial charge in [0, 0.05) is 0 Å². The van der Waals surface area contributed by atoms with Crippen LogP contribution in [0.5, 0.6) is 0 Å². The Labute approximate surface area is 149 Å². The maximum atomic E-state index is 4.27. The van der Waals surface area contributed by atoms with Gasteiger partial charge < -0.3 is 0 Å². The van der Waals surface area contributed by atoms with Crippen LogP contribution in [0, 0.1) is 0 Å². The summed E-state index contributed by atoms with van der Waals surface area (Å²) in [5, 5.41) is 2.51. The summed E-state index contributed by atoms with van der Waals surface area (Å²) in [5.74, 6) is 0. The predicted molar refractivity (Wildman–Crippen MR) is 107 cm³/mol. The molecule has 0 N–H and O–H groups in total. The third-order valence-corrected chi connectivity index (χ3v) is 4.98. The van der Waals surface area contributed by atoms with Crippen molar-refractivity contribution in [3.8, 4) is 0 Å². The lowest BCUT2D eigenvalue weighted by Gasteiger charge is -2.34. The summed E-state index contributed by atoms with van der Waals surface area (Å²) < 4.78 is 0. The summed E-state index contributed by atoms with van der Waals surface area (Å²) in [5.41, 5.74) is 3.33. The van der Waals surface area contributed by atoms with E-state index in [9.17, 15) is 0 Å². The molecule has 4 rings (SSSR count). The van der Waals surface area contributed by atoms with Crippen LogP contribution in [0.4, 0.5) is 0 Å². The Morgan fingerprint density at radius 1 is 0.560 bits per heavy atom. The number of hydrogen-bond acceptors (Lipinski definition) is 0. The van der Waals surface area contributed by atoms with Crippen molar-refractivity contribution in [2.45, 2.75) is 5.41 Å². The van der Waals surface area contributed by atoms with Crippen LogP contribution in [0.2, 0.25) is 0 Å². The van der Waals surface area contributed by atoms with Crippen LogP contribution >= 0.6 is 0 Å². The molecule has 0 bridgehead atoms. The van der Waals surface area contributed by atoms with Crippen LogP contribution in [0.3, 0.4) is 0 Å². The fourth-order valence-electron chi connectivity index (χ4n) is 3.79. The maximum Gasteiger partial charge on any atom is 0.0635 e. The largest absolute Gasteiger partial charge is 0.102 e. The first-order valence-electron chi connectivity index (χ1n) is 8.59. The highest BCUT2D eigenvalue weighted by Gasteiger charge is 2.34. The molecule has 4 aromatic rings. The van der Waals surface area contributed by atoms with Crippen molar-refractivity contribution in [2.75, 3.05) is 0 Å². The smallest absolute Gasteiger partial charge is 0.0635 e. The molecular formula is C25H20. The van der Waals surface area contributed by atoms with E-state index in [2.05, 4.69) is 116 Å². The molecule has 0 unspecified atom stereocenters. The molecule has 0 aliphatic heterocycles. The summed E-state index contributed by atoms with van der Waals surface area (Å²) in [7, 11) is 0. The van der Waals surface area contributed by atoms with Crippen molar-refractivity contribution >= 4 is 10.8 Å². The zero-order chi connectivity index (χ0) is 17.1. The van der Waals surface area contributed by atoms with Gasteiger partial charge in [0.25, 0.3) is 0 Å². The molecule has 0 aliphatic rings. The minimum Gasteiger partial charge on any atom is -0.102 e. The van der Waals surface area contributed by atoms with Crippen molar-refractivity contribution in [2.24, 2.45) is 0 Å². The van der Waals surface area contributed by atoms with Crippen molar-refractivity contribution in [1.29, 1.82) is 0 Å². The van der Waals surface area contributed by atoms with E-state index in [1.165, 1.54) is 27.5 Å². The van der Waals surface area contributed by atoms with E-state index in [0.29, 0.717) is 0 Å². The minimum absolute atomic E-state index is 0.386. The van der Waals surface area contributed by atoms with Gasteiger partial charge in [0.15, 0.2) is 0 Å². The third-order valence-electron chi connectivity index (χ3n) is 4.98. The highest BCUT2D eigenvalue weighted by atomic mass is 14.4. The monoisotopic (exact) mass is 320 g/mol. The first-order valence-corrected chi connectivity index (χ1v) is 8.59. The van der Waals surface area contributed by atoms with Crippen molar-refractivity contribution in [1.82, 2.24) is 0 Å². The Kier molecular flexibility index (Phi) is 3.95. The number of fused-ring (bicyclic) bond motifs is 1. The molecule has 0 heteroatoms. The van der Waals surface area contributed by atoms with Crippen LogP contribution in [0.25, 0.3) is 10.8 Å². The van der Waals surface area contributed by atoms with Gasteiger partial charge in [0.05, 0.1) is 5.41 Å². The molecule has 0 radical (unpaired) electrons. The van der Waals surface area contributed by atoms with E-state index in [1.54, 1.807) is 0 Å². The minimum atomic E-state index is -0.386. The molecule has 4 aromatic carbocycles. The molecule has 0 amide bonds. The summed E-state index contributed by atoms with van der Waals surface area (Å²) in [6.07, 6.45) is 2.08. The van der Waals surface area contributed by atoms with Crippen molar-refractivity contribution in [3.05, 3.63) is 132 Å². The fourth-order valence-corrected chi connectivity index (χ4v) is 3.79. The van der Waals surface area contributed by atoms with Crippen LogP contribution in [0.15, 0.2) is 116 Å². The second-order valence-electron chi connectivity index (χ2n) is 6.27. The molecule has 0 heterocycles. The molecule has 0 saturated heterocycles. The molecule has 0 nitrogen and oxygen atoms in total. The number of allylic oxidation sites excluding steroid dienone is 1. The average Bonchev–Trinajstić information content (AvgIpc) is 2.71. The number of benzene rings is 4. The summed E-state index contributed by atoms with van der Waals surface area (Å²) >= 11 is 0. The second kappa shape index (κ2) is 6.41. The first-order chi connectivity index (χ1) is 12.4. The van der Waals surface area contributed by atoms with Gasteiger partial charge in [0.2, 0.25) is 0 Å². The van der Waals surface area contributed by atoms with Gasteiger partial charge in [-0.25, -0.2) is 0 Å². The zero-order valence-corrected chi connectivity index (χ0v) is 14.1. The lowest BCUT2D eigenvalue weighted by molar-refractivity contribution is 0.789. The zero-order valence-electron chi connectivity index (χ0n) is 14.1. The number of hydrogen-bond donors (Lipinski definition) is 0. The molecule has 0 aromatic heterocycles. The van der Waals surface area contributed by atoms with Crippen LogP contribution in [-0.2, 0) is 5.41 Å². The van der Waals surface area contributed by atoms with Crippen LogP contribution in [0.1, 0.15) is 16.7 Å². The van der Waals surface area contributed by atoms with Gasteiger partial charge in [-0.15, -0.1) is 6.58 Å². The lowest BCUT2D eigenvalue weighted by Crippen LogP contribution is -2.27. The van der Waals surface area contributed by atoms with E-state index < -0.39 is 0 Å². The molecule has 25 heavy (non-hydrogen) atoms. The molecule has 0 spiro atoms. The summed E-state index contributed by atoms with van der Waals surface area (Å²) in [6, 6.07) is 36.4. The first kappa shape index (κ1) is 15.4. The fraction of sp³-hybridized carbons (Fsp3) is 0.0400. The number of rotatable bonds is 4. The highest BCUT2D eigenvalue weighted by molar-refractivity contribution is 5.88. The Bertz CT molecular complexity index is 953. The van der Waals surface area contributed by atoms with Gasteiger partial charge in [-0.1, -0.05) is 109 Å². The summed E-state index contributed by atoms with van der Waals surface area (Å²) in [4.78, 5) is 0. The third kappa shape index (κ3) is 2.47. The molecule has 0 aliphatic carbocycles. The van der Waals surface area contributed by atoms with Crippen LogP contribution in [-0.4, -0.2) is 0 Å². The van der Waals surface area contributed by atoms with E-state index in [4.69, 9.17) is 0 Å². The lowest BCUT2D eigenvalue weighted by atomic mass is 9.68. The second-order valence-corrected chi connectivity index (χ2v) is 6.27. The van der Waals surface area contributed by atoms with E-state index in [-0.39, 0.29) is 5.41 Å². The summed E-state index contributed by atoms with van der Waals surface area (Å²) in [6.45, 7) is 4.27. The Balaban J connectivity index is 2.13. The van der Waals surface area contributed by atoms with Crippen molar-refractivity contribution in [3.63, 3.8) is 0 Å². The predicted octanol–water partition coefficient (Wildman–Crippen LogP) is 6.36. The molecular weight excluding hydrogens is 300 g/mol. The van der Waals surface area contributed by atoms with E-state index >= 15 is 0 Å². The Morgan fingerprint density at radius 3 is 1.68 bits per heavy atom. The molecule has 0 saturated carbocycles. The van der Waals surface area contributed by atoms with Gasteiger partial charge >= 0.3 is 0 Å². The van der Waals surface area contributed by atoms with Gasteiger partial charge in [-0.2, -0.15) is 0 Å². The quantitative estimate of drug-likeness (QED) is 0.303. The van der Waals surface area contributed by atoms with Gasteiger partial charge in [-0.05, 0) is 27.5 Å². The van der Waals surface area contributed by atoms with E-state index in [1.807, 2.05) is 0 Å². The highest BCUT2D eigenvalue weighted by Crippen LogP contribution is 2.43. The molecule has 0 fully saturated rings. The van der Waals surface area contributed by atoms with Gasteiger partial charge in [-0.3, -0.25) is 0 Å². The van der Waals surface area contributed by atoms with E-state index in [0.717, 1.165) is 0 Å². The Hall–Kier alpha value is -3.12. The molecule has 0 atom stereocenters. The van der Waals surface area contributed by atoms with Gasteiger partial charge in [0.1, 0.15) is 0 Å². The maximum absolute atomic E-state index is 4.27. The standard InChI is InChI=1S/C25H20/c1-2-25(21-14-5-3-6-15-21,22-16-7-4-8-17-22)24-19-11-13-20-12-9-10-18-23(20)24/h2-19H,1H2.